The van der Waals surface area contributed by atoms with Crippen molar-refractivity contribution in [3.05, 3.63) is 71.9 Å². The molecule has 2 amide bonds. The SMILES string of the molecule is O=C(NCC(=O)N1CCC(Sc2ccccc2CF)CC1)c1cc(-c2ccccc2)n[nH]1. The van der Waals surface area contributed by atoms with Gasteiger partial charge in [-0.25, -0.2) is 4.39 Å². The summed E-state index contributed by atoms with van der Waals surface area (Å²) in [4.78, 5) is 27.7. The average Bonchev–Trinajstić information content (AvgIpc) is 3.34. The van der Waals surface area contributed by atoms with Crippen LogP contribution in [0.2, 0.25) is 0 Å². The summed E-state index contributed by atoms with van der Waals surface area (Å²) in [7, 11) is 0. The van der Waals surface area contributed by atoms with E-state index in [0.29, 0.717) is 35.3 Å². The van der Waals surface area contributed by atoms with Crippen LogP contribution in [0, 0.1) is 0 Å². The van der Waals surface area contributed by atoms with Crippen molar-refractivity contribution in [2.75, 3.05) is 19.6 Å². The quantitative estimate of drug-likeness (QED) is 0.567. The molecule has 3 aromatic rings. The van der Waals surface area contributed by atoms with Gasteiger partial charge < -0.3 is 10.2 Å². The first-order valence-electron chi connectivity index (χ1n) is 10.6. The van der Waals surface area contributed by atoms with Crippen LogP contribution in [0.4, 0.5) is 4.39 Å². The van der Waals surface area contributed by atoms with Crippen LogP contribution in [0.15, 0.2) is 65.6 Å². The van der Waals surface area contributed by atoms with Crippen LogP contribution < -0.4 is 5.32 Å². The Kier molecular flexibility index (Phi) is 7.21. The summed E-state index contributed by atoms with van der Waals surface area (Å²) >= 11 is 1.69. The van der Waals surface area contributed by atoms with Gasteiger partial charge >= 0.3 is 0 Å². The molecule has 0 unspecified atom stereocenters. The second-order valence-corrected chi connectivity index (χ2v) is 9.00. The highest BCUT2D eigenvalue weighted by atomic mass is 32.2. The van der Waals surface area contributed by atoms with Gasteiger partial charge in [0.2, 0.25) is 5.91 Å². The summed E-state index contributed by atoms with van der Waals surface area (Å²) in [5.74, 6) is -0.463. The number of piperidine rings is 1. The van der Waals surface area contributed by atoms with Crippen LogP contribution in [0.1, 0.15) is 28.9 Å². The van der Waals surface area contributed by atoms with E-state index in [1.807, 2.05) is 54.6 Å². The molecular formula is C24H25FN4O2S. The highest BCUT2D eigenvalue weighted by molar-refractivity contribution is 8.00. The number of aromatic amines is 1. The second-order valence-electron chi connectivity index (χ2n) is 7.65. The lowest BCUT2D eigenvalue weighted by Gasteiger charge is -2.32. The topological polar surface area (TPSA) is 78.1 Å². The van der Waals surface area contributed by atoms with E-state index in [4.69, 9.17) is 0 Å². The van der Waals surface area contributed by atoms with Gasteiger partial charge in [-0.2, -0.15) is 5.10 Å². The lowest BCUT2D eigenvalue weighted by atomic mass is 10.1. The molecule has 4 rings (SSSR count). The lowest BCUT2D eigenvalue weighted by molar-refractivity contribution is -0.130. The molecule has 8 heteroatoms. The fourth-order valence-electron chi connectivity index (χ4n) is 3.69. The fraction of sp³-hybridized carbons (Fsp3) is 0.292. The predicted molar refractivity (Wildman–Crippen MR) is 123 cm³/mol. The number of alkyl halides is 1. The molecule has 0 saturated carbocycles. The van der Waals surface area contributed by atoms with Crippen molar-refractivity contribution in [1.82, 2.24) is 20.4 Å². The zero-order chi connectivity index (χ0) is 22.3. The number of rotatable bonds is 7. The molecule has 0 atom stereocenters. The van der Waals surface area contributed by atoms with Gasteiger partial charge in [0.15, 0.2) is 0 Å². The maximum atomic E-state index is 13.2. The monoisotopic (exact) mass is 452 g/mol. The Labute approximate surface area is 190 Å². The molecule has 1 saturated heterocycles. The predicted octanol–water partition coefficient (Wildman–Crippen LogP) is 4.06. The minimum atomic E-state index is -0.469. The van der Waals surface area contributed by atoms with Crippen molar-refractivity contribution in [1.29, 1.82) is 0 Å². The molecule has 1 aliphatic rings. The molecule has 2 N–H and O–H groups in total. The van der Waals surface area contributed by atoms with E-state index in [2.05, 4.69) is 15.5 Å². The zero-order valence-corrected chi connectivity index (χ0v) is 18.4. The fourth-order valence-corrected chi connectivity index (χ4v) is 4.93. The van der Waals surface area contributed by atoms with E-state index in [1.54, 1.807) is 22.7 Å². The third kappa shape index (κ3) is 5.37. The summed E-state index contributed by atoms with van der Waals surface area (Å²) in [6.45, 7) is 0.739. The van der Waals surface area contributed by atoms with E-state index >= 15 is 0 Å². The number of aromatic nitrogens is 2. The van der Waals surface area contributed by atoms with E-state index in [9.17, 15) is 14.0 Å². The first-order chi connectivity index (χ1) is 15.6. The molecule has 2 heterocycles. The summed E-state index contributed by atoms with van der Waals surface area (Å²) in [6, 6.07) is 18.8. The van der Waals surface area contributed by atoms with Crippen molar-refractivity contribution in [3.8, 4) is 11.3 Å². The van der Waals surface area contributed by atoms with Crippen LogP contribution in [0.3, 0.4) is 0 Å². The summed E-state index contributed by atoms with van der Waals surface area (Å²) in [5, 5.41) is 9.93. The van der Waals surface area contributed by atoms with Crippen LogP contribution in [0.5, 0.6) is 0 Å². The summed E-state index contributed by atoms with van der Waals surface area (Å²) < 4.78 is 13.2. The van der Waals surface area contributed by atoms with Crippen molar-refractivity contribution in [3.63, 3.8) is 0 Å². The van der Waals surface area contributed by atoms with E-state index in [-0.39, 0.29) is 18.4 Å². The van der Waals surface area contributed by atoms with Crippen LogP contribution in [-0.2, 0) is 11.5 Å². The summed E-state index contributed by atoms with van der Waals surface area (Å²) in [6.07, 6.45) is 1.68. The molecule has 0 aliphatic carbocycles. The number of carbonyl (C=O) groups is 2. The molecular weight excluding hydrogens is 427 g/mol. The smallest absolute Gasteiger partial charge is 0.269 e. The Balaban J connectivity index is 1.24. The number of benzene rings is 2. The standard InChI is InChI=1S/C24H25FN4O2S/c25-15-18-8-4-5-9-22(18)32-19-10-12-29(13-11-19)23(30)16-26-24(31)21-14-20(27-28-21)17-6-2-1-3-7-17/h1-9,14,19H,10-13,15-16H2,(H,26,31)(H,27,28). The van der Waals surface area contributed by atoms with Crippen molar-refractivity contribution in [2.45, 2.75) is 29.7 Å². The Morgan fingerprint density at radius 3 is 2.56 bits per heavy atom. The number of likely N-dealkylation sites (tertiary alicyclic amines) is 1. The zero-order valence-electron chi connectivity index (χ0n) is 17.6. The van der Waals surface area contributed by atoms with Crippen molar-refractivity contribution in [2.24, 2.45) is 0 Å². The highest BCUT2D eigenvalue weighted by Gasteiger charge is 2.24. The van der Waals surface area contributed by atoms with E-state index < -0.39 is 6.67 Å². The van der Waals surface area contributed by atoms with E-state index in [1.165, 1.54) is 0 Å². The van der Waals surface area contributed by atoms with Crippen LogP contribution in [0.25, 0.3) is 11.3 Å². The first kappa shape index (κ1) is 22.1. The van der Waals surface area contributed by atoms with Crippen LogP contribution >= 0.6 is 11.8 Å². The van der Waals surface area contributed by atoms with Gasteiger partial charge in [-0.1, -0.05) is 48.5 Å². The normalized spacial score (nSPS) is 14.3. The maximum Gasteiger partial charge on any atom is 0.269 e. The molecule has 6 nitrogen and oxygen atoms in total. The number of nitrogens with zero attached hydrogens (tertiary/aromatic N) is 2. The van der Waals surface area contributed by atoms with Gasteiger partial charge in [0, 0.05) is 28.8 Å². The molecule has 0 bridgehead atoms. The maximum absolute atomic E-state index is 13.2. The molecule has 166 valence electrons. The molecule has 0 radical (unpaired) electrons. The number of nitrogens with one attached hydrogen (secondary N) is 2. The van der Waals surface area contributed by atoms with Gasteiger partial charge in [0.1, 0.15) is 12.4 Å². The Morgan fingerprint density at radius 2 is 1.81 bits per heavy atom. The second kappa shape index (κ2) is 10.5. The van der Waals surface area contributed by atoms with Crippen LogP contribution in [-0.4, -0.2) is 51.8 Å². The minimum absolute atomic E-state index is 0.0545. The Bertz CT molecular complexity index is 1060. The number of hydrogen-bond donors (Lipinski definition) is 2. The average molecular weight is 453 g/mol. The highest BCUT2D eigenvalue weighted by Crippen LogP contribution is 2.33. The van der Waals surface area contributed by atoms with Crippen molar-refractivity contribution >= 4 is 23.6 Å². The summed E-state index contributed by atoms with van der Waals surface area (Å²) in [5.41, 5.74) is 2.62. The third-order valence-corrected chi connectivity index (χ3v) is 6.95. The first-order valence-corrected chi connectivity index (χ1v) is 11.5. The van der Waals surface area contributed by atoms with Gasteiger partial charge in [0.25, 0.3) is 5.91 Å². The van der Waals surface area contributed by atoms with Crippen molar-refractivity contribution < 1.29 is 14.0 Å². The Morgan fingerprint density at radius 1 is 1.09 bits per heavy atom. The number of carbonyl (C=O) groups excluding carboxylic acids is 2. The number of amides is 2. The molecule has 1 aromatic heterocycles. The van der Waals surface area contributed by atoms with Gasteiger partial charge in [-0.3, -0.25) is 14.7 Å². The Hall–Kier alpha value is -3.13. The molecule has 32 heavy (non-hydrogen) atoms. The molecule has 2 aromatic carbocycles. The molecule has 0 spiro atoms. The van der Waals surface area contributed by atoms with Gasteiger partial charge in [0.05, 0.1) is 12.2 Å². The lowest BCUT2D eigenvalue weighted by Crippen LogP contribution is -2.44. The van der Waals surface area contributed by atoms with Gasteiger partial charge in [-0.05, 0) is 30.5 Å². The minimum Gasteiger partial charge on any atom is -0.342 e. The third-order valence-electron chi connectivity index (χ3n) is 5.50. The number of H-pyrrole nitrogens is 1. The molecule has 1 aliphatic heterocycles. The number of thioether (sulfide) groups is 1. The number of halogens is 1. The number of hydrogen-bond acceptors (Lipinski definition) is 4. The van der Waals surface area contributed by atoms with Gasteiger partial charge in [-0.15, -0.1) is 11.8 Å². The molecule has 1 fully saturated rings. The van der Waals surface area contributed by atoms with E-state index in [0.717, 1.165) is 23.3 Å². The largest absolute Gasteiger partial charge is 0.342 e.